The van der Waals surface area contributed by atoms with Crippen molar-refractivity contribution in [1.82, 2.24) is 5.32 Å². The number of aromatic hydroxyl groups is 1. The quantitative estimate of drug-likeness (QED) is 0.577. The Morgan fingerprint density at radius 1 is 1.06 bits per heavy atom. The average molecular weight is 474 g/mol. The maximum atomic E-state index is 13.7. The Morgan fingerprint density at radius 3 is 2.57 bits per heavy atom. The number of allylic oxidation sites excluding steroid dienone is 3. The second-order valence-electron chi connectivity index (χ2n) is 9.67. The van der Waals surface area contributed by atoms with Crippen LogP contribution < -0.4 is 10.1 Å². The van der Waals surface area contributed by atoms with Crippen molar-refractivity contribution in [2.24, 2.45) is 0 Å². The van der Waals surface area contributed by atoms with Crippen LogP contribution in [0.5, 0.6) is 11.5 Å². The Bertz CT molecular complexity index is 1220. The molecular weight excluding hydrogens is 442 g/mol. The molecule has 1 heterocycles. The number of carbonyl (C=O) groups is 2. The van der Waals surface area contributed by atoms with Crippen molar-refractivity contribution in [3.8, 4) is 11.5 Å². The number of hydrogen-bond donors (Lipinski definition) is 2. The van der Waals surface area contributed by atoms with E-state index in [9.17, 15) is 14.7 Å². The summed E-state index contributed by atoms with van der Waals surface area (Å²) in [6, 6.07) is 14.6. The van der Waals surface area contributed by atoms with Gasteiger partial charge in [-0.25, -0.2) is 4.79 Å². The Labute approximate surface area is 205 Å². The van der Waals surface area contributed by atoms with Crippen molar-refractivity contribution in [3.63, 3.8) is 0 Å². The molecule has 0 spiro atoms. The Balaban J connectivity index is 1.55. The molecular formula is C29H31NO5. The van der Waals surface area contributed by atoms with Crippen molar-refractivity contribution in [3.05, 3.63) is 82.2 Å². The highest BCUT2D eigenvalue weighted by Gasteiger charge is 2.42. The Kier molecular flexibility index (Phi) is 6.37. The molecule has 2 aromatic rings. The summed E-state index contributed by atoms with van der Waals surface area (Å²) in [5, 5.41) is 13.6. The normalized spacial score (nSPS) is 22.6. The van der Waals surface area contributed by atoms with Crippen molar-refractivity contribution < 1.29 is 24.2 Å². The summed E-state index contributed by atoms with van der Waals surface area (Å²) in [6.07, 6.45) is 4.72. The first-order chi connectivity index (χ1) is 17.0. The van der Waals surface area contributed by atoms with Gasteiger partial charge in [-0.3, -0.25) is 4.79 Å². The number of methoxy groups -OCH3 is 1. The number of benzene rings is 2. The van der Waals surface area contributed by atoms with E-state index in [1.165, 1.54) is 0 Å². The summed E-state index contributed by atoms with van der Waals surface area (Å²) in [5.41, 5.74) is 4.25. The van der Waals surface area contributed by atoms with Crippen LogP contribution in [-0.2, 0) is 14.3 Å². The molecule has 0 aromatic heterocycles. The van der Waals surface area contributed by atoms with E-state index in [1.54, 1.807) is 25.3 Å². The lowest BCUT2D eigenvalue weighted by Gasteiger charge is -2.37. The van der Waals surface area contributed by atoms with Gasteiger partial charge in [0.15, 0.2) is 5.78 Å². The van der Waals surface area contributed by atoms with E-state index in [2.05, 4.69) is 5.32 Å². The van der Waals surface area contributed by atoms with Crippen LogP contribution in [-0.4, -0.2) is 30.1 Å². The molecule has 6 nitrogen and oxygen atoms in total. The van der Waals surface area contributed by atoms with Gasteiger partial charge in [0.2, 0.25) is 0 Å². The van der Waals surface area contributed by atoms with Crippen LogP contribution in [0.25, 0.3) is 0 Å². The van der Waals surface area contributed by atoms with Gasteiger partial charge in [0, 0.05) is 35.2 Å². The van der Waals surface area contributed by atoms with E-state index in [4.69, 9.17) is 9.47 Å². The molecule has 3 aliphatic rings. The number of carbonyl (C=O) groups excluding carboxylic acids is 2. The third-order valence-corrected chi connectivity index (χ3v) is 7.41. The van der Waals surface area contributed by atoms with Crippen LogP contribution in [0.3, 0.4) is 0 Å². The molecule has 182 valence electrons. The Morgan fingerprint density at radius 2 is 1.83 bits per heavy atom. The van der Waals surface area contributed by atoms with Gasteiger partial charge in [-0.2, -0.15) is 0 Å². The molecule has 2 atom stereocenters. The number of dihydropyridines is 1. The Hall–Kier alpha value is -3.54. The van der Waals surface area contributed by atoms with Crippen molar-refractivity contribution in [2.75, 3.05) is 7.11 Å². The van der Waals surface area contributed by atoms with E-state index >= 15 is 0 Å². The molecule has 0 bridgehead atoms. The van der Waals surface area contributed by atoms with Crippen molar-refractivity contribution >= 4 is 11.8 Å². The number of rotatable bonds is 5. The zero-order valence-corrected chi connectivity index (χ0v) is 20.2. The number of para-hydroxylation sites is 1. The highest BCUT2D eigenvalue weighted by Crippen LogP contribution is 2.47. The lowest BCUT2D eigenvalue weighted by Crippen LogP contribution is -2.36. The first-order valence-electron chi connectivity index (χ1n) is 12.3. The number of nitrogens with one attached hydrogen (secondary N) is 1. The lowest BCUT2D eigenvalue weighted by atomic mass is 9.71. The standard InChI is InChI=1S/C29H31NO5/c1-17-26(29(33)35-21-10-3-4-11-21)27(18-8-7-9-20(31)14-18)28-23(30-17)15-19(16-24(28)32)22-12-5-6-13-25(22)34-2/h5-9,12-14,19,21,27,30-31H,3-4,10-11,15-16H2,1-2H3. The molecule has 6 heteroatoms. The van der Waals surface area contributed by atoms with E-state index in [0.29, 0.717) is 35.2 Å². The summed E-state index contributed by atoms with van der Waals surface area (Å²) in [7, 11) is 1.64. The molecule has 0 radical (unpaired) electrons. The summed E-state index contributed by atoms with van der Waals surface area (Å²) in [5.74, 6) is -0.154. The van der Waals surface area contributed by atoms with Crippen molar-refractivity contribution in [1.29, 1.82) is 0 Å². The van der Waals surface area contributed by atoms with Gasteiger partial charge in [-0.1, -0.05) is 30.3 Å². The molecule has 2 aliphatic carbocycles. The molecule has 0 saturated heterocycles. The average Bonchev–Trinajstić information content (AvgIpc) is 3.36. The van der Waals surface area contributed by atoms with Gasteiger partial charge in [0.25, 0.3) is 0 Å². The lowest BCUT2D eigenvalue weighted by molar-refractivity contribution is -0.144. The zero-order valence-electron chi connectivity index (χ0n) is 20.2. The highest BCUT2D eigenvalue weighted by molar-refractivity contribution is 6.04. The molecule has 0 amide bonds. The third-order valence-electron chi connectivity index (χ3n) is 7.41. The van der Waals surface area contributed by atoms with Gasteiger partial charge >= 0.3 is 5.97 Å². The van der Waals surface area contributed by atoms with Crippen LogP contribution in [0.15, 0.2) is 71.1 Å². The van der Waals surface area contributed by atoms with E-state index in [1.807, 2.05) is 37.3 Å². The van der Waals surface area contributed by atoms with Gasteiger partial charge in [-0.15, -0.1) is 0 Å². The maximum absolute atomic E-state index is 13.7. The number of phenolic OH excluding ortho intramolecular Hbond substituents is 1. The molecule has 2 N–H and O–H groups in total. The maximum Gasteiger partial charge on any atom is 0.337 e. The van der Waals surface area contributed by atoms with Crippen LogP contribution in [0, 0.1) is 0 Å². The fourth-order valence-electron chi connectivity index (χ4n) is 5.79. The number of Topliss-reactive ketones (excluding diaryl/α,β-unsaturated/α-hetero) is 1. The van der Waals surface area contributed by atoms with Crippen LogP contribution in [0.4, 0.5) is 0 Å². The van der Waals surface area contributed by atoms with Gasteiger partial charge in [0.1, 0.15) is 17.6 Å². The minimum Gasteiger partial charge on any atom is -0.508 e. The van der Waals surface area contributed by atoms with Gasteiger partial charge in [0.05, 0.1) is 12.7 Å². The molecule has 2 unspecified atom stereocenters. The van der Waals surface area contributed by atoms with E-state index < -0.39 is 5.92 Å². The second kappa shape index (κ2) is 9.61. The van der Waals surface area contributed by atoms with Crippen LogP contribution >= 0.6 is 0 Å². The summed E-state index contributed by atoms with van der Waals surface area (Å²) in [4.78, 5) is 27.2. The molecule has 1 aliphatic heterocycles. The first-order valence-corrected chi connectivity index (χ1v) is 12.3. The number of ether oxygens (including phenoxy) is 2. The molecule has 1 fully saturated rings. The fraction of sp³-hybridized carbons (Fsp3) is 0.379. The minimum atomic E-state index is -0.585. The van der Waals surface area contributed by atoms with Crippen LogP contribution in [0.2, 0.25) is 0 Å². The second-order valence-corrected chi connectivity index (χ2v) is 9.67. The van der Waals surface area contributed by atoms with Crippen LogP contribution in [0.1, 0.15) is 68.4 Å². The van der Waals surface area contributed by atoms with Gasteiger partial charge < -0.3 is 19.9 Å². The molecule has 35 heavy (non-hydrogen) atoms. The summed E-state index contributed by atoms with van der Waals surface area (Å²) < 4.78 is 11.4. The van der Waals surface area contributed by atoms with E-state index in [-0.39, 0.29) is 29.5 Å². The molecule has 1 saturated carbocycles. The zero-order chi connectivity index (χ0) is 24.5. The smallest absolute Gasteiger partial charge is 0.337 e. The molecule has 5 rings (SSSR count). The predicted octanol–water partition coefficient (Wildman–Crippen LogP) is 5.25. The van der Waals surface area contributed by atoms with Gasteiger partial charge in [-0.05, 0) is 68.4 Å². The summed E-state index contributed by atoms with van der Waals surface area (Å²) in [6.45, 7) is 1.86. The first kappa shape index (κ1) is 23.2. The number of esters is 1. The number of hydrogen-bond acceptors (Lipinski definition) is 6. The third kappa shape index (κ3) is 4.45. The number of phenols is 1. The predicted molar refractivity (Wildman–Crippen MR) is 132 cm³/mol. The highest BCUT2D eigenvalue weighted by atomic mass is 16.5. The monoisotopic (exact) mass is 473 g/mol. The number of ketones is 1. The van der Waals surface area contributed by atoms with Crippen molar-refractivity contribution in [2.45, 2.75) is 63.4 Å². The topological polar surface area (TPSA) is 84.9 Å². The fourth-order valence-corrected chi connectivity index (χ4v) is 5.79. The minimum absolute atomic E-state index is 0.0123. The molecule has 2 aromatic carbocycles. The van der Waals surface area contributed by atoms with E-state index in [0.717, 1.165) is 42.7 Å². The SMILES string of the molecule is COc1ccccc1C1CC(=O)C2=C(C1)NC(C)=C(C(=O)OC1CCCC1)C2c1cccc(O)c1. The largest absolute Gasteiger partial charge is 0.508 e. The summed E-state index contributed by atoms with van der Waals surface area (Å²) >= 11 is 0.